The molecular weight excluding hydrogens is 349 g/mol. The standard InChI is InChI=1S/C12H14INO4/c1-7-5-8(15)3-4-9(7)11(16)14-6-10(13)12(17)18-2/h3-5,10,15H,6H2,1-2H3,(H,14,16). The zero-order valence-corrected chi connectivity index (χ0v) is 12.2. The van der Waals surface area contributed by atoms with Gasteiger partial charge >= 0.3 is 5.97 Å². The molecule has 0 aromatic heterocycles. The average molecular weight is 363 g/mol. The lowest BCUT2D eigenvalue weighted by molar-refractivity contribution is -0.139. The molecule has 0 aliphatic rings. The van der Waals surface area contributed by atoms with Crippen LogP contribution in [-0.2, 0) is 9.53 Å². The Morgan fingerprint density at radius 3 is 2.72 bits per heavy atom. The van der Waals surface area contributed by atoms with Gasteiger partial charge in [0.2, 0.25) is 0 Å². The van der Waals surface area contributed by atoms with Crippen LogP contribution in [0.25, 0.3) is 0 Å². The number of benzene rings is 1. The highest BCUT2D eigenvalue weighted by Gasteiger charge is 2.17. The summed E-state index contributed by atoms with van der Waals surface area (Å²) in [7, 11) is 1.31. The number of alkyl halides is 1. The van der Waals surface area contributed by atoms with Gasteiger partial charge in [-0.05, 0) is 30.7 Å². The van der Waals surface area contributed by atoms with E-state index in [4.69, 9.17) is 0 Å². The van der Waals surface area contributed by atoms with Gasteiger partial charge < -0.3 is 15.2 Å². The number of phenols is 1. The fraction of sp³-hybridized carbons (Fsp3) is 0.333. The van der Waals surface area contributed by atoms with Crippen molar-refractivity contribution in [1.82, 2.24) is 5.32 Å². The second-order valence-electron chi connectivity index (χ2n) is 3.70. The maximum absolute atomic E-state index is 11.8. The summed E-state index contributed by atoms with van der Waals surface area (Å²) >= 11 is 1.91. The monoisotopic (exact) mass is 363 g/mol. The summed E-state index contributed by atoms with van der Waals surface area (Å²) < 4.78 is 4.14. The van der Waals surface area contributed by atoms with E-state index >= 15 is 0 Å². The average Bonchev–Trinajstić information content (AvgIpc) is 2.34. The number of aryl methyl sites for hydroxylation is 1. The van der Waals surface area contributed by atoms with Crippen LogP contribution in [0.2, 0.25) is 0 Å². The number of phenolic OH excluding ortho intramolecular Hbond substituents is 1. The summed E-state index contributed by atoms with van der Waals surface area (Å²) in [5.74, 6) is -0.540. The number of nitrogens with one attached hydrogen (secondary N) is 1. The summed E-state index contributed by atoms with van der Waals surface area (Å²) in [5, 5.41) is 11.9. The minimum Gasteiger partial charge on any atom is -0.508 e. The van der Waals surface area contributed by atoms with E-state index in [2.05, 4.69) is 10.1 Å². The third kappa shape index (κ3) is 3.86. The van der Waals surface area contributed by atoms with Gasteiger partial charge in [-0.3, -0.25) is 9.59 Å². The fourth-order valence-corrected chi connectivity index (χ4v) is 1.87. The lowest BCUT2D eigenvalue weighted by Crippen LogP contribution is -2.34. The van der Waals surface area contributed by atoms with Crippen LogP contribution < -0.4 is 5.32 Å². The lowest BCUT2D eigenvalue weighted by Gasteiger charge is -2.10. The van der Waals surface area contributed by atoms with Crippen molar-refractivity contribution in [1.29, 1.82) is 0 Å². The first kappa shape index (κ1) is 14.7. The molecule has 1 rings (SSSR count). The molecule has 0 fully saturated rings. The van der Waals surface area contributed by atoms with E-state index in [0.29, 0.717) is 11.1 Å². The molecule has 0 bridgehead atoms. The van der Waals surface area contributed by atoms with Crippen LogP contribution in [0.15, 0.2) is 18.2 Å². The van der Waals surface area contributed by atoms with Crippen LogP contribution in [0.3, 0.4) is 0 Å². The molecule has 0 heterocycles. The quantitative estimate of drug-likeness (QED) is 0.482. The van der Waals surface area contributed by atoms with Gasteiger partial charge in [0, 0.05) is 12.1 Å². The fourth-order valence-electron chi connectivity index (χ4n) is 1.39. The molecule has 1 unspecified atom stereocenters. The first-order chi connectivity index (χ1) is 8.45. The Bertz CT molecular complexity index is 461. The van der Waals surface area contributed by atoms with Crippen molar-refractivity contribution in [2.75, 3.05) is 13.7 Å². The lowest BCUT2D eigenvalue weighted by atomic mass is 10.1. The summed E-state index contributed by atoms with van der Waals surface area (Å²) in [6, 6.07) is 4.50. The number of carbonyl (C=O) groups is 2. The van der Waals surface area contributed by atoms with Gasteiger partial charge in [-0.2, -0.15) is 0 Å². The zero-order valence-electron chi connectivity index (χ0n) is 10.1. The van der Waals surface area contributed by atoms with Gasteiger partial charge in [0.05, 0.1) is 7.11 Å². The number of aromatic hydroxyl groups is 1. The largest absolute Gasteiger partial charge is 0.508 e. The summed E-state index contributed by atoms with van der Waals surface area (Å²) in [6.45, 7) is 1.93. The number of halogens is 1. The topological polar surface area (TPSA) is 75.6 Å². The number of methoxy groups -OCH3 is 1. The first-order valence-corrected chi connectivity index (χ1v) is 6.50. The normalized spacial score (nSPS) is 11.7. The van der Waals surface area contributed by atoms with Crippen molar-refractivity contribution in [3.63, 3.8) is 0 Å². The highest BCUT2D eigenvalue weighted by molar-refractivity contribution is 14.1. The van der Waals surface area contributed by atoms with E-state index in [1.165, 1.54) is 19.2 Å². The maximum atomic E-state index is 11.8. The minimum absolute atomic E-state index is 0.116. The van der Waals surface area contributed by atoms with Gasteiger partial charge in [-0.15, -0.1) is 0 Å². The van der Waals surface area contributed by atoms with E-state index in [1.807, 2.05) is 22.6 Å². The van der Waals surface area contributed by atoms with Crippen molar-refractivity contribution in [3.05, 3.63) is 29.3 Å². The SMILES string of the molecule is COC(=O)C(I)CNC(=O)c1ccc(O)cc1C. The molecule has 1 aromatic carbocycles. The van der Waals surface area contributed by atoms with Gasteiger partial charge in [-0.1, -0.05) is 22.6 Å². The molecule has 0 radical (unpaired) electrons. The van der Waals surface area contributed by atoms with E-state index < -0.39 is 3.92 Å². The summed E-state index contributed by atoms with van der Waals surface area (Å²) in [4.78, 5) is 23.0. The highest BCUT2D eigenvalue weighted by atomic mass is 127. The van der Waals surface area contributed by atoms with Crippen LogP contribution in [0.5, 0.6) is 5.75 Å². The maximum Gasteiger partial charge on any atom is 0.320 e. The Morgan fingerprint density at radius 2 is 2.17 bits per heavy atom. The number of carbonyl (C=O) groups excluding carboxylic acids is 2. The number of esters is 1. The molecule has 1 atom stereocenters. The molecule has 1 amide bonds. The van der Waals surface area contributed by atoms with Crippen molar-refractivity contribution in [2.24, 2.45) is 0 Å². The predicted octanol–water partition coefficient (Wildman–Crippen LogP) is 1.41. The molecule has 98 valence electrons. The molecule has 0 saturated heterocycles. The van der Waals surface area contributed by atoms with Crippen molar-refractivity contribution in [2.45, 2.75) is 10.8 Å². The number of hydrogen-bond acceptors (Lipinski definition) is 4. The van der Waals surface area contributed by atoms with E-state index in [1.54, 1.807) is 13.0 Å². The van der Waals surface area contributed by atoms with Crippen LogP contribution in [0, 0.1) is 6.92 Å². The molecule has 0 aliphatic heterocycles. The van der Waals surface area contributed by atoms with Crippen molar-refractivity contribution >= 4 is 34.5 Å². The van der Waals surface area contributed by atoms with E-state index in [9.17, 15) is 14.7 Å². The third-order valence-electron chi connectivity index (χ3n) is 2.35. The van der Waals surface area contributed by atoms with Crippen molar-refractivity contribution < 1.29 is 19.4 Å². The van der Waals surface area contributed by atoms with Gasteiger partial charge in [-0.25, -0.2) is 0 Å². The Morgan fingerprint density at radius 1 is 1.50 bits per heavy atom. The van der Waals surface area contributed by atoms with E-state index in [0.717, 1.165) is 0 Å². The minimum atomic E-state index is -0.422. The third-order valence-corrected chi connectivity index (χ3v) is 3.30. The van der Waals surface area contributed by atoms with Crippen LogP contribution in [0.4, 0.5) is 0 Å². The molecule has 0 saturated carbocycles. The number of rotatable bonds is 4. The smallest absolute Gasteiger partial charge is 0.320 e. The van der Waals surface area contributed by atoms with Crippen LogP contribution in [0.1, 0.15) is 15.9 Å². The zero-order chi connectivity index (χ0) is 13.7. The van der Waals surface area contributed by atoms with Crippen LogP contribution >= 0.6 is 22.6 Å². The highest BCUT2D eigenvalue weighted by Crippen LogP contribution is 2.15. The summed E-state index contributed by atoms with van der Waals surface area (Å²) in [5.41, 5.74) is 1.15. The molecule has 2 N–H and O–H groups in total. The Balaban J connectivity index is 2.63. The first-order valence-electron chi connectivity index (χ1n) is 5.25. The predicted molar refractivity (Wildman–Crippen MR) is 75.0 cm³/mol. The second-order valence-corrected chi connectivity index (χ2v) is 5.20. The Labute approximate surface area is 119 Å². The second kappa shape index (κ2) is 6.58. The molecule has 6 heteroatoms. The van der Waals surface area contributed by atoms with Gasteiger partial charge in [0.1, 0.15) is 9.67 Å². The van der Waals surface area contributed by atoms with Gasteiger partial charge in [0.25, 0.3) is 5.91 Å². The molecular formula is C12H14INO4. The van der Waals surface area contributed by atoms with E-state index in [-0.39, 0.29) is 24.2 Å². The Hall–Kier alpha value is -1.31. The number of ether oxygens (including phenoxy) is 1. The number of amides is 1. The molecule has 1 aromatic rings. The van der Waals surface area contributed by atoms with Crippen LogP contribution in [-0.4, -0.2) is 34.6 Å². The Kier molecular flexibility index (Phi) is 5.39. The van der Waals surface area contributed by atoms with Crippen molar-refractivity contribution in [3.8, 4) is 5.75 Å². The number of hydrogen-bond donors (Lipinski definition) is 2. The molecule has 0 aliphatic carbocycles. The molecule has 0 spiro atoms. The van der Waals surface area contributed by atoms with Gasteiger partial charge in [0.15, 0.2) is 0 Å². The molecule has 18 heavy (non-hydrogen) atoms. The summed E-state index contributed by atoms with van der Waals surface area (Å²) in [6.07, 6.45) is 0. The molecule has 5 nitrogen and oxygen atoms in total.